The molecule has 0 aliphatic heterocycles. The van der Waals surface area contributed by atoms with Crippen LogP contribution < -0.4 is 10.1 Å². The third kappa shape index (κ3) is 6.22. The molecule has 7 nitrogen and oxygen atoms in total. The highest BCUT2D eigenvalue weighted by Gasteiger charge is 2.27. The molecule has 3 aromatic carbocycles. The van der Waals surface area contributed by atoms with E-state index in [1.54, 1.807) is 31.9 Å². The van der Waals surface area contributed by atoms with Crippen LogP contribution >= 0.6 is 15.9 Å². The van der Waals surface area contributed by atoms with Gasteiger partial charge in [0.05, 0.1) is 10.6 Å². The number of halogens is 1. The van der Waals surface area contributed by atoms with Crippen molar-refractivity contribution in [2.75, 3.05) is 25.5 Å². The van der Waals surface area contributed by atoms with Crippen molar-refractivity contribution < 1.29 is 17.9 Å². The van der Waals surface area contributed by atoms with Crippen LogP contribution in [0.2, 0.25) is 0 Å². The molecule has 1 N–H and O–H groups in total. The molecule has 1 aliphatic carbocycles. The van der Waals surface area contributed by atoms with Crippen LogP contribution in [0, 0.1) is 6.92 Å². The van der Waals surface area contributed by atoms with E-state index < -0.39 is 10.0 Å². The van der Waals surface area contributed by atoms with Crippen molar-refractivity contribution >= 4 is 37.7 Å². The minimum absolute atomic E-state index is 0.0210. The minimum Gasteiger partial charge on any atom is -0.455 e. The zero-order valence-corrected chi connectivity index (χ0v) is 24.6. The molecule has 2 amide bonds. The highest BCUT2D eigenvalue weighted by atomic mass is 79.9. The van der Waals surface area contributed by atoms with Crippen molar-refractivity contribution in [1.29, 1.82) is 0 Å². The molecule has 38 heavy (non-hydrogen) atoms. The number of hydrogen-bond acceptors (Lipinski definition) is 4. The van der Waals surface area contributed by atoms with Crippen LogP contribution in [0.1, 0.15) is 37.0 Å². The van der Waals surface area contributed by atoms with Crippen molar-refractivity contribution in [3.63, 3.8) is 0 Å². The molecule has 0 spiro atoms. The van der Waals surface area contributed by atoms with Gasteiger partial charge >= 0.3 is 6.03 Å². The molecule has 0 saturated carbocycles. The number of anilines is 1. The molecule has 4 rings (SSSR count). The van der Waals surface area contributed by atoms with Gasteiger partial charge < -0.3 is 15.0 Å². The Labute approximate surface area is 234 Å². The van der Waals surface area contributed by atoms with E-state index in [1.807, 2.05) is 37.3 Å². The molecule has 0 fully saturated rings. The number of sulfonamides is 1. The van der Waals surface area contributed by atoms with Crippen LogP contribution in [0.4, 0.5) is 10.5 Å². The summed E-state index contributed by atoms with van der Waals surface area (Å²) in [7, 11) is -1.94. The van der Waals surface area contributed by atoms with Crippen LogP contribution in [-0.2, 0) is 22.9 Å². The second kappa shape index (κ2) is 11.9. The lowest BCUT2D eigenvalue weighted by Gasteiger charge is -2.32. The average molecular weight is 601 g/mol. The zero-order chi connectivity index (χ0) is 27.4. The number of aryl methyl sites for hydroxylation is 2. The maximum absolute atomic E-state index is 13.4. The Morgan fingerprint density at radius 3 is 2.42 bits per heavy atom. The van der Waals surface area contributed by atoms with Crippen LogP contribution in [-0.4, -0.2) is 49.8 Å². The number of carbonyl (C=O) groups is 1. The number of urea groups is 1. The highest BCUT2D eigenvalue weighted by Crippen LogP contribution is 2.34. The summed E-state index contributed by atoms with van der Waals surface area (Å²) in [5.41, 5.74) is 3.93. The molecular weight excluding hydrogens is 566 g/mol. The molecule has 0 radical (unpaired) electrons. The monoisotopic (exact) mass is 599 g/mol. The summed E-state index contributed by atoms with van der Waals surface area (Å²) >= 11 is 3.53. The largest absolute Gasteiger partial charge is 0.455 e. The predicted octanol–water partition coefficient (Wildman–Crippen LogP) is 6.60. The molecule has 0 heterocycles. The summed E-state index contributed by atoms with van der Waals surface area (Å²) in [4.78, 5) is 15.2. The van der Waals surface area contributed by atoms with Gasteiger partial charge in [-0.3, -0.25) is 0 Å². The number of rotatable bonds is 8. The maximum Gasteiger partial charge on any atom is 0.321 e. The number of amides is 2. The maximum atomic E-state index is 13.4. The number of likely N-dealkylation sites (N-methyl/N-ethyl adjacent to an activating group) is 1. The van der Waals surface area contributed by atoms with Gasteiger partial charge in [0.25, 0.3) is 0 Å². The molecule has 1 atom stereocenters. The summed E-state index contributed by atoms with van der Waals surface area (Å²) in [6, 6.07) is 18.1. The smallest absolute Gasteiger partial charge is 0.321 e. The highest BCUT2D eigenvalue weighted by molar-refractivity contribution is 9.10. The number of hydrogen-bond donors (Lipinski definition) is 1. The minimum atomic E-state index is -3.72. The molecule has 0 aromatic heterocycles. The molecule has 0 saturated heterocycles. The number of fused-ring (bicyclic) bond motifs is 1. The summed E-state index contributed by atoms with van der Waals surface area (Å²) in [5, 5.41) is 2.93. The predicted molar refractivity (Wildman–Crippen MR) is 155 cm³/mol. The van der Waals surface area contributed by atoms with E-state index in [0.29, 0.717) is 30.3 Å². The van der Waals surface area contributed by atoms with E-state index >= 15 is 0 Å². The molecule has 1 unspecified atom stereocenters. The van der Waals surface area contributed by atoms with Crippen LogP contribution in [0.25, 0.3) is 0 Å². The third-order valence-corrected chi connectivity index (χ3v) is 9.56. The van der Waals surface area contributed by atoms with Gasteiger partial charge in [-0.05, 0) is 79.8 Å². The van der Waals surface area contributed by atoms with Crippen molar-refractivity contribution in [3.05, 3.63) is 81.8 Å². The van der Waals surface area contributed by atoms with E-state index in [9.17, 15) is 13.2 Å². The number of nitrogens with one attached hydrogen (secondary N) is 1. The topological polar surface area (TPSA) is 79.0 Å². The van der Waals surface area contributed by atoms with Gasteiger partial charge in [-0.2, -0.15) is 4.31 Å². The first-order valence-electron chi connectivity index (χ1n) is 12.8. The van der Waals surface area contributed by atoms with Crippen molar-refractivity contribution in [3.8, 4) is 11.5 Å². The van der Waals surface area contributed by atoms with Gasteiger partial charge in [-0.15, -0.1) is 0 Å². The van der Waals surface area contributed by atoms with E-state index in [-0.39, 0.29) is 17.0 Å². The van der Waals surface area contributed by atoms with Gasteiger partial charge in [0.1, 0.15) is 5.75 Å². The van der Waals surface area contributed by atoms with E-state index in [0.717, 1.165) is 29.3 Å². The first-order valence-corrected chi connectivity index (χ1v) is 15.1. The summed E-state index contributed by atoms with van der Waals surface area (Å²) in [6.45, 7) is 6.29. The first kappa shape index (κ1) is 28.1. The van der Waals surface area contributed by atoms with Crippen LogP contribution in [0.3, 0.4) is 0 Å². The van der Waals surface area contributed by atoms with Gasteiger partial charge in [0, 0.05) is 30.7 Å². The van der Waals surface area contributed by atoms with Crippen molar-refractivity contribution in [2.24, 2.45) is 0 Å². The Hall–Kier alpha value is -2.88. The van der Waals surface area contributed by atoms with E-state index in [2.05, 4.69) is 33.4 Å². The molecule has 3 aromatic rings. The Morgan fingerprint density at radius 2 is 1.74 bits per heavy atom. The first-order chi connectivity index (χ1) is 18.1. The summed E-state index contributed by atoms with van der Waals surface area (Å²) in [5.74, 6) is 0.960. The van der Waals surface area contributed by atoms with Gasteiger partial charge in [-0.1, -0.05) is 53.5 Å². The van der Waals surface area contributed by atoms with Crippen molar-refractivity contribution in [2.45, 2.75) is 51.0 Å². The zero-order valence-electron chi connectivity index (χ0n) is 22.2. The number of benzene rings is 3. The second-order valence-corrected chi connectivity index (χ2v) is 12.4. The van der Waals surface area contributed by atoms with Gasteiger partial charge in [-0.25, -0.2) is 13.2 Å². The molecule has 0 bridgehead atoms. The van der Waals surface area contributed by atoms with Crippen LogP contribution in [0.5, 0.6) is 11.5 Å². The Kier molecular flexibility index (Phi) is 8.80. The number of carbonyl (C=O) groups excluding carboxylic acids is 1. The SMILES string of the molecule is CCN(CC)S(=O)(=O)c1ccc(Oc2ccc(C)cc2)c(NC(=O)N(C)C2CCc3cc(Br)ccc3C2)c1. The van der Waals surface area contributed by atoms with Gasteiger partial charge in [0.2, 0.25) is 10.0 Å². The Balaban J connectivity index is 1.61. The van der Waals surface area contributed by atoms with Crippen molar-refractivity contribution in [1.82, 2.24) is 9.21 Å². The normalized spacial score (nSPS) is 15.2. The quantitative estimate of drug-likeness (QED) is 0.316. The average Bonchev–Trinajstić information content (AvgIpc) is 2.90. The Bertz CT molecular complexity index is 1410. The van der Waals surface area contributed by atoms with Crippen LogP contribution in [0.15, 0.2) is 70.0 Å². The van der Waals surface area contributed by atoms with E-state index in [1.165, 1.54) is 27.6 Å². The summed E-state index contributed by atoms with van der Waals surface area (Å²) < 4.78 is 35.0. The lowest BCUT2D eigenvalue weighted by atomic mass is 9.88. The Morgan fingerprint density at radius 1 is 1.03 bits per heavy atom. The summed E-state index contributed by atoms with van der Waals surface area (Å²) in [6.07, 6.45) is 2.49. The number of ether oxygens (including phenoxy) is 1. The molecular formula is C29H34BrN3O4S. The second-order valence-electron chi connectivity index (χ2n) is 9.51. The molecule has 202 valence electrons. The third-order valence-electron chi connectivity index (χ3n) is 7.02. The van der Waals surface area contributed by atoms with Gasteiger partial charge in [0.15, 0.2) is 5.75 Å². The number of nitrogens with zero attached hydrogens (tertiary/aromatic N) is 2. The fourth-order valence-electron chi connectivity index (χ4n) is 4.71. The standard InChI is InChI=1S/C29H34BrN3O4S/c1-5-33(6-2)38(35,36)26-15-16-28(37-25-13-7-20(3)8-14-25)27(19-26)31-29(34)32(4)24-12-10-21-17-23(30)11-9-22(21)18-24/h7-9,11,13-17,19,24H,5-6,10,12,18H2,1-4H3,(H,31,34). The fourth-order valence-corrected chi connectivity index (χ4v) is 6.60. The fraction of sp³-hybridized carbons (Fsp3) is 0.345. The lowest BCUT2D eigenvalue weighted by molar-refractivity contribution is 0.197. The molecule has 1 aliphatic rings. The molecule has 9 heteroatoms. The van der Waals surface area contributed by atoms with E-state index in [4.69, 9.17) is 4.74 Å². The lowest BCUT2D eigenvalue weighted by Crippen LogP contribution is -2.43.